The molecule has 1 fully saturated rings. The molecule has 0 aromatic rings. The average Bonchev–Trinajstić information content (AvgIpc) is 2.36. The highest BCUT2D eigenvalue weighted by Gasteiger charge is 2.27. The Balaban J connectivity index is 2.34. The molecule has 4 N–H and O–H groups in total. The second kappa shape index (κ2) is 7.17. The second-order valence-electron chi connectivity index (χ2n) is 4.48. The molecule has 0 radical (unpaired) electrons. The number of rotatable bonds is 5. The number of piperidine rings is 1. The number of aliphatic hydroxyl groups excluding tert-OH is 1. The van der Waals surface area contributed by atoms with Gasteiger partial charge in [0.25, 0.3) is 0 Å². The third-order valence-electron chi connectivity index (χ3n) is 2.97. The van der Waals surface area contributed by atoms with E-state index in [0.717, 1.165) is 12.8 Å². The van der Waals surface area contributed by atoms with Gasteiger partial charge in [-0.25, -0.2) is 4.79 Å². The number of amides is 3. The summed E-state index contributed by atoms with van der Waals surface area (Å²) in [5, 5.41) is 12.1. The quantitative estimate of drug-likeness (QED) is 0.583. The number of nitrogens with two attached hydrogens (primary N) is 1. The Morgan fingerprint density at radius 3 is 2.94 bits per heavy atom. The fourth-order valence-electron chi connectivity index (χ4n) is 2.01. The van der Waals surface area contributed by atoms with Crippen LogP contribution in [0.25, 0.3) is 0 Å². The van der Waals surface area contributed by atoms with E-state index in [0.29, 0.717) is 13.1 Å². The van der Waals surface area contributed by atoms with Crippen LogP contribution in [0.1, 0.15) is 12.8 Å². The first kappa shape index (κ1) is 14.7. The van der Waals surface area contributed by atoms with E-state index in [2.05, 4.69) is 5.32 Å². The summed E-state index contributed by atoms with van der Waals surface area (Å²) in [6.45, 7) is 1.28. The zero-order valence-electron chi connectivity index (χ0n) is 10.6. The summed E-state index contributed by atoms with van der Waals surface area (Å²) in [6.07, 6.45) is 0.784. The van der Waals surface area contributed by atoms with Crippen molar-refractivity contribution in [1.29, 1.82) is 0 Å². The van der Waals surface area contributed by atoms with Gasteiger partial charge in [0, 0.05) is 26.7 Å². The predicted octanol–water partition coefficient (Wildman–Crippen LogP) is -1.10. The van der Waals surface area contributed by atoms with E-state index in [1.54, 1.807) is 0 Å². The van der Waals surface area contributed by atoms with Crippen LogP contribution in [0.4, 0.5) is 4.79 Å². The number of nitrogens with one attached hydrogen (secondary N) is 1. The van der Waals surface area contributed by atoms with E-state index >= 15 is 0 Å². The topological polar surface area (TPSA) is 105 Å². The highest BCUT2D eigenvalue weighted by atomic mass is 16.5. The molecule has 1 aliphatic heterocycles. The van der Waals surface area contributed by atoms with E-state index in [9.17, 15) is 14.7 Å². The number of carbonyl (C=O) groups is 2. The van der Waals surface area contributed by atoms with Crippen LogP contribution in [0.3, 0.4) is 0 Å². The largest absolute Gasteiger partial charge is 0.389 e. The van der Waals surface area contributed by atoms with Gasteiger partial charge in [0.1, 0.15) is 0 Å². The summed E-state index contributed by atoms with van der Waals surface area (Å²) in [7, 11) is 1.48. The number of methoxy groups -OCH3 is 1. The zero-order chi connectivity index (χ0) is 13.5. The van der Waals surface area contributed by atoms with Gasteiger partial charge < -0.3 is 25.8 Å². The molecule has 1 saturated heterocycles. The zero-order valence-corrected chi connectivity index (χ0v) is 10.6. The van der Waals surface area contributed by atoms with Gasteiger partial charge in [-0.05, 0) is 12.8 Å². The third-order valence-corrected chi connectivity index (χ3v) is 2.97. The van der Waals surface area contributed by atoms with E-state index in [4.69, 9.17) is 10.5 Å². The van der Waals surface area contributed by atoms with Crippen LogP contribution in [0, 0.1) is 5.92 Å². The first-order valence-corrected chi connectivity index (χ1v) is 6.03. The molecule has 2 atom stereocenters. The Morgan fingerprint density at radius 1 is 1.61 bits per heavy atom. The normalized spacial score (nSPS) is 21.4. The summed E-state index contributed by atoms with van der Waals surface area (Å²) in [5.74, 6) is -0.405. The standard InChI is InChI=1S/C11H21N3O4/c1-18-7-9(15)5-13-10(16)8-3-2-4-14(6-8)11(12)17/h8-9,15H,2-7H2,1H3,(H2,12,17)(H,13,16). The molecule has 7 nitrogen and oxygen atoms in total. The summed E-state index contributed by atoms with van der Waals surface area (Å²) in [4.78, 5) is 24.3. The average molecular weight is 259 g/mol. The van der Waals surface area contributed by atoms with Gasteiger partial charge in [0.2, 0.25) is 5.91 Å². The van der Waals surface area contributed by atoms with Crippen LogP contribution in [-0.2, 0) is 9.53 Å². The van der Waals surface area contributed by atoms with Crippen molar-refractivity contribution in [3.8, 4) is 0 Å². The molecule has 18 heavy (non-hydrogen) atoms. The van der Waals surface area contributed by atoms with Crippen molar-refractivity contribution in [3.63, 3.8) is 0 Å². The molecule has 1 heterocycles. The lowest BCUT2D eigenvalue weighted by atomic mass is 9.97. The van der Waals surface area contributed by atoms with Gasteiger partial charge in [-0.15, -0.1) is 0 Å². The number of hydrogen-bond donors (Lipinski definition) is 3. The lowest BCUT2D eigenvalue weighted by Gasteiger charge is -2.30. The molecule has 2 unspecified atom stereocenters. The number of hydrogen-bond acceptors (Lipinski definition) is 4. The molecule has 0 spiro atoms. The SMILES string of the molecule is COCC(O)CNC(=O)C1CCCN(C(N)=O)C1. The van der Waals surface area contributed by atoms with Gasteiger partial charge in [-0.2, -0.15) is 0 Å². The minimum absolute atomic E-state index is 0.153. The van der Waals surface area contributed by atoms with Crippen molar-refractivity contribution in [2.24, 2.45) is 11.7 Å². The van der Waals surface area contributed by atoms with Gasteiger partial charge in [-0.1, -0.05) is 0 Å². The smallest absolute Gasteiger partial charge is 0.314 e. The van der Waals surface area contributed by atoms with Crippen molar-refractivity contribution in [1.82, 2.24) is 10.2 Å². The number of primary amides is 1. The molecule has 7 heteroatoms. The lowest BCUT2D eigenvalue weighted by molar-refractivity contribution is -0.126. The van der Waals surface area contributed by atoms with E-state index in [1.807, 2.05) is 0 Å². The summed E-state index contributed by atoms with van der Waals surface area (Å²) < 4.78 is 4.76. The fraction of sp³-hybridized carbons (Fsp3) is 0.818. The molecule has 1 rings (SSSR count). The van der Waals surface area contributed by atoms with Crippen molar-refractivity contribution < 1.29 is 19.4 Å². The van der Waals surface area contributed by atoms with Gasteiger partial charge in [0.05, 0.1) is 18.6 Å². The first-order valence-electron chi connectivity index (χ1n) is 6.03. The van der Waals surface area contributed by atoms with Crippen LogP contribution in [0.5, 0.6) is 0 Å². The number of urea groups is 1. The number of likely N-dealkylation sites (tertiary alicyclic amines) is 1. The summed E-state index contributed by atoms with van der Waals surface area (Å²) >= 11 is 0. The first-order chi connectivity index (χ1) is 8.54. The maximum Gasteiger partial charge on any atom is 0.314 e. The summed E-state index contributed by atoms with van der Waals surface area (Å²) in [6, 6.07) is -0.494. The molecule has 0 saturated carbocycles. The van der Waals surface area contributed by atoms with Gasteiger partial charge in [-0.3, -0.25) is 4.79 Å². The van der Waals surface area contributed by atoms with E-state index in [1.165, 1.54) is 12.0 Å². The third kappa shape index (κ3) is 4.50. The van der Waals surface area contributed by atoms with Crippen molar-refractivity contribution in [2.75, 3.05) is 33.4 Å². The van der Waals surface area contributed by atoms with Crippen molar-refractivity contribution in [2.45, 2.75) is 18.9 Å². The van der Waals surface area contributed by atoms with Crippen LogP contribution >= 0.6 is 0 Å². The number of aliphatic hydroxyl groups is 1. The maximum absolute atomic E-state index is 11.8. The lowest BCUT2D eigenvalue weighted by Crippen LogP contribution is -2.48. The molecule has 1 aliphatic rings. The Morgan fingerprint density at radius 2 is 2.33 bits per heavy atom. The Labute approximate surface area is 106 Å². The molecule has 0 aromatic carbocycles. The monoisotopic (exact) mass is 259 g/mol. The Bertz CT molecular complexity index is 298. The van der Waals surface area contributed by atoms with Crippen LogP contribution in [0.2, 0.25) is 0 Å². The predicted molar refractivity (Wildman–Crippen MR) is 64.8 cm³/mol. The van der Waals surface area contributed by atoms with Crippen LogP contribution in [-0.4, -0.2) is 61.4 Å². The summed E-state index contributed by atoms with van der Waals surface area (Å²) in [5.41, 5.74) is 5.19. The fourth-order valence-corrected chi connectivity index (χ4v) is 2.01. The number of nitrogens with zero attached hydrogens (tertiary/aromatic N) is 1. The molecule has 0 aromatic heterocycles. The maximum atomic E-state index is 11.8. The van der Waals surface area contributed by atoms with Crippen molar-refractivity contribution in [3.05, 3.63) is 0 Å². The number of carbonyl (C=O) groups excluding carboxylic acids is 2. The van der Waals surface area contributed by atoms with Gasteiger partial charge in [0.15, 0.2) is 0 Å². The molecule has 3 amide bonds. The highest BCUT2D eigenvalue weighted by Crippen LogP contribution is 2.16. The number of ether oxygens (including phenoxy) is 1. The van der Waals surface area contributed by atoms with E-state index < -0.39 is 12.1 Å². The Kier molecular flexibility index (Phi) is 5.87. The minimum atomic E-state index is -0.713. The molecule has 0 aliphatic carbocycles. The molecule has 0 bridgehead atoms. The minimum Gasteiger partial charge on any atom is -0.389 e. The van der Waals surface area contributed by atoms with Crippen molar-refractivity contribution >= 4 is 11.9 Å². The van der Waals surface area contributed by atoms with Crippen LogP contribution < -0.4 is 11.1 Å². The molecular formula is C11H21N3O4. The molecular weight excluding hydrogens is 238 g/mol. The highest BCUT2D eigenvalue weighted by molar-refractivity contribution is 5.80. The Hall–Kier alpha value is -1.34. The molecule has 104 valence electrons. The van der Waals surface area contributed by atoms with Crippen LogP contribution in [0.15, 0.2) is 0 Å². The van der Waals surface area contributed by atoms with Gasteiger partial charge >= 0.3 is 6.03 Å². The van der Waals surface area contributed by atoms with E-state index in [-0.39, 0.29) is 25.0 Å². The second-order valence-corrected chi connectivity index (χ2v) is 4.48.